The highest BCUT2D eigenvalue weighted by atomic mass is 19.2. The maximum atomic E-state index is 13.5. The van der Waals surface area contributed by atoms with Crippen LogP contribution in [0.1, 0.15) is 0 Å². The van der Waals surface area contributed by atoms with Gasteiger partial charge in [0.1, 0.15) is 11.8 Å². The average Bonchev–Trinajstić information content (AvgIpc) is 2.84. The summed E-state index contributed by atoms with van der Waals surface area (Å²) < 4.78 is 26.6. The SMILES string of the molecule is Fc1cccc(Nc2ncnc3nc[nH]c23)c1F. The molecule has 0 amide bonds. The van der Waals surface area contributed by atoms with E-state index in [2.05, 4.69) is 25.3 Å². The third-order valence-corrected chi connectivity index (χ3v) is 2.43. The number of anilines is 2. The van der Waals surface area contributed by atoms with Gasteiger partial charge in [-0.25, -0.2) is 23.7 Å². The summed E-state index contributed by atoms with van der Waals surface area (Å²) in [5.41, 5.74) is 0.982. The number of aromatic amines is 1. The standard InChI is InChI=1S/C11H7F2N5/c12-6-2-1-3-7(8(6)13)18-11-9-10(15-4-14-9)16-5-17-11/h1-5H,(H2,14,15,16,17,18). The van der Waals surface area contributed by atoms with Crippen LogP contribution in [0.2, 0.25) is 0 Å². The van der Waals surface area contributed by atoms with Gasteiger partial charge in [-0.2, -0.15) is 0 Å². The number of benzene rings is 1. The molecule has 0 saturated heterocycles. The lowest BCUT2D eigenvalue weighted by Crippen LogP contribution is -1.99. The van der Waals surface area contributed by atoms with Crippen LogP contribution >= 0.6 is 0 Å². The first-order valence-corrected chi connectivity index (χ1v) is 5.11. The van der Waals surface area contributed by atoms with E-state index in [4.69, 9.17) is 0 Å². The fourth-order valence-corrected chi connectivity index (χ4v) is 1.59. The molecule has 0 aliphatic carbocycles. The van der Waals surface area contributed by atoms with Crippen LogP contribution in [0, 0.1) is 11.6 Å². The highest BCUT2D eigenvalue weighted by Gasteiger charge is 2.11. The van der Waals surface area contributed by atoms with Gasteiger partial charge in [0.05, 0.1) is 12.0 Å². The summed E-state index contributed by atoms with van der Waals surface area (Å²) in [6.07, 6.45) is 2.75. The Hall–Kier alpha value is -2.57. The highest BCUT2D eigenvalue weighted by molar-refractivity contribution is 5.84. The van der Waals surface area contributed by atoms with Gasteiger partial charge >= 0.3 is 0 Å². The van der Waals surface area contributed by atoms with E-state index in [1.54, 1.807) is 0 Å². The molecule has 0 aliphatic rings. The second kappa shape index (κ2) is 4.02. The summed E-state index contributed by atoms with van der Waals surface area (Å²) in [5.74, 6) is -1.54. The van der Waals surface area contributed by atoms with Crippen molar-refractivity contribution in [2.75, 3.05) is 5.32 Å². The molecule has 7 heteroatoms. The van der Waals surface area contributed by atoms with Gasteiger partial charge in [-0.1, -0.05) is 6.07 Å². The van der Waals surface area contributed by atoms with E-state index in [1.165, 1.54) is 24.8 Å². The minimum Gasteiger partial charge on any atom is -0.340 e. The van der Waals surface area contributed by atoms with Gasteiger partial charge in [0, 0.05) is 0 Å². The number of H-pyrrole nitrogens is 1. The molecule has 5 nitrogen and oxygen atoms in total. The summed E-state index contributed by atoms with van der Waals surface area (Å²) >= 11 is 0. The molecule has 0 unspecified atom stereocenters. The fraction of sp³-hybridized carbons (Fsp3) is 0. The number of fused-ring (bicyclic) bond motifs is 1. The molecule has 0 bridgehead atoms. The lowest BCUT2D eigenvalue weighted by atomic mass is 10.3. The molecule has 0 fully saturated rings. The van der Waals surface area contributed by atoms with Gasteiger partial charge in [-0.3, -0.25) is 0 Å². The Morgan fingerprint density at radius 1 is 1.11 bits per heavy atom. The van der Waals surface area contributed by atoms with Gasteiger partial charge in [-0.05, 0) is 12.1 Å². The predicted octanol–water partition coefficient (Wildman–Crippen LogP) is 2.37. The largest absolute Gasteiger partial charge is 0.340 e. The molecule has 3 rings (SSSR count). The summed E-state index contributed by atoms with van der Waals surface area (Å²) in [5, 5.41) is 2.70. The van der Waals surface area contributed by atoms with Crippen molar-refractivity contribution in [1.29, 1.82) is 0 Å². The molecule has 0 saturated carbocycles. The van der Waals surface area contributed by atoms with Crippen molar-refractivity contribution in [2.45, 2.75) is 0 Å². The van der Waals surface area contributed by atoms with E-state index in [1.807, 2.05) is 0 Å². The minimum absolute atomic E-state index is 0.00426. The lowest BCUT2D eigenvalue weighted by Gasteiger charge is -2.07. The molecule has 2 N–H and O–H groups in total. The lowest BCUT2D eigenvalue weighted by molar-refractivity contribution is 0.511. The van der Waals surface area contributed by atoms with Crippen LogP contribution in [-0.2, 0) is 0 Å². The summed E-state index contributed by atoms with van der Waals surface area (Å²) in [7, 11) is 0. The molecule has 2 aromatic heterocycles. The zero-order valence-electron chi connectivity index (χ0n) is 8.98. The third kappa shape index (κ3) is 1.65. The predicted molar refractivity (Wildman–Crippen MR) is 61.3 cm³/mol. The first kappa shape index (κ1) is 10.6. The normalized spacial score (nSPS) is 10.8. The van der Waals surface area contributed by atoms with E-state index >= 15 is 0 Å². The zero-order valence-corrected chi connectivity index (χ0v) is 8.98. The van der Waals surface area contributed by atoms with E-state index in [0.717, 1.165) is 6.07 Å². The smallest absolute Gasteiger partial charge is 0.182 e. The summed E-state index contributed by atoms with van der Waals surface area (Å²) in [6, 6.07) is 3.88. The average molecular weight is 247 g/mol. The van der Waals surface area contributed by atoms with Crippen LogP contribution in [-0.4, -0.2) is 19.9 Å². The Bertz CT molecular complexity index is 709. The van der Waals surface area contributed by atoms with Crippen molar-refractivity contribution < 1.29 is 8.78 Å². The number of imidazole rings is 1. The third-order valence-electron chi connectivity index (χ3n) is 2.43. The molecule has 0 atom stereocenters. The molecule has 0 spiro atoms. The van der Waals surface area contributed by atoms with Crippen LogP contribution < -0.4 is 5.32 Å². The maximum absolute atomic E-state index is 13.5. The minimum atomic E-state index is -0.955. The Balaban J connectivity index is 2.06. The van der Waals surface area contributed by atoms with Crippen molar-refractivity contribution in [3.63, 3.8) is 0 Å². The molecular formula is C11H7F2N5. The Morgan fingerprint density at radius 3 is 2.89 bits per heavy atom. The number of nitrogens with zero attached hydrogens (tertiary/aromatic N) is 3. The summed E-state index contributed by atoms with van der Waals surface area (Å²) in [6.45, 7) is 0. The number of hydrogen-bond acceptors (Lipinski definition) is 4. The van der Waals surface area contributed by atoms with Crippen LogP contribution in [0.4, 0.5) is 20.3 Å². The van der Waals surface area contributed by atoms with Crippen molar-refractivity contribution in [2.24, 2.45) is 0 Å². The molecular weight excluding hydrogens is 240 g/mol. The monoisotopic (exact) mass is 247 g/mol. The quantitative estimate of drug-likeness (QED) is 0.729. The number of aromatic nitrogens is 4. The molecule has 1 aromatic carbocycles. The van der Waals surface area contributed by atoms with Crippen molar-refractivity contribution in [3.05, 3.63) is 42.5 Å². The zero-order chi connectivity index (χ0) is 12.5. The van der Waals surface area contributed by atoms with Crippen LogP contribution in [0.25, 0.3) is 11.2 Å². The number of hydrogen-bond donors (Lipinski definition) is 2. The number of nitrogens with one attached hydrogen (secondary N) is 2. The van der Waals surface area contributed by atoms with Crippen molar-refractivity contribution in [1.82, 2.24) is 19.9 Å². The van der Waals surface area contributed by atoms with Crippen LogP contribution in [0.3, 0.4) is 0 Å². The van der Waals surface area contributed by atoms with Crippen LogP contribution in [0.15, 0.2) is 30.9 Å². The molecule has 18 heavy (non-hydrogen) atoms. The Morgan fingerprint density at radius 2 is 2.00 bits per heavy atom. The maximum Gasteiger partial charge on any atom is 0.182 e. The first-order chi connectivity index (χ1) is 8.75. The van der Waals surface area contributed by atoms with Gasteiger partial charge in [0.25, 0.3) is 0 Å². The fourth-order valence-electron chi connectivity index (χ4n) is 1.59. The van der Waals surface area contributed by atoms with Gasteiger partial charge < -0.3 is 10.3 Å². The van der Waals surface area contributed by atoms with Gasteiger partial charge in [0.2, 0.25) is 0 Å². The summed E-state index contributed by atoms with van der Waals surface area (Å²) in [4.78, 5) is 14.7. The Kier molecular flexibility index (Phi) is 2.36. The van der Waals surface area contributed by atoms with E-state index in [0.29, 0.717) is 17.0 Å². The second-order valence-corrected chi connectivity index (χ2v) is 3.55. The second-order valence-electron chi connectivity index (χ2n) is 3.55. The number of rotatable bonds is 2. The molecule has 90 valence electrons. The first-order valence-electron chi connectivity index (χ1n) is 5.11. The van der Waals surface area contributed by atoms with E-state index in [9.17, 15) is 8.78 Å². The van der Waals surface area contributed by atoms with Crippen molar-refractivity contribution in [3.8, 4) is 0 Å². The van der Waals surface area contributed by atoms with Gasteiger partial charge in [-0.15, -0.1) is 0 Å². The molecule has 2 heterocycles. The van der Waals surface area contributed by atoms with Crippen LogP contribution in [0.5, 0.6) is 0 Å². The number of halogens is 2. The molecule has 0 aliphatic heterocycles. The van der Waals surface area contributed by atoms with E-state index in [-0.39, 0.29) is 5.69 Å². The topological polar surface area (TPSA) is 66.5 Å². The highest BCUT2D eigenvalue weighted by Crippen LogP contribution is 2.23. The van der Waals surface area contributed by atoms with Crippen molar-refractivity contribution >= 4 is 22.7 Å². The van der Waals surface area contributed by atoms with Gasteiger partial charge in [0.15, 0.2) is 23.1 Å². The Labute approximate surface area is 99.9 Å². The van der Waals surface area contributed by atoms with E-state index < -0.39 is 11.6 Å². The molecule has 0 radical (unpaired) electrons. The molecule has 3 aromatic rings.